The highest BCUT2D eigenvalue weighted by molar-refractivity contribution is 6.66. The molecule has 0 aromatic rings. The molecule has 0 N–H and O–H groups in total. The van der Waals surface area contributed by atoms with E-state index in [-0.39, 0.29) is 0 Å². The van der Waals surface area contributed by atoms with Gasteiger partial charge in [0.25, 0.3) is 9.04 Å². The minimum atomic E-state index is -5.50. The molecule has 126 valence electrons. The molecule has 3 nitrogen and oxygen atoms in total. The average molecular weight is 480 g/mol. The standard InChI is InChI=1S/C6Cl8F4O3/c7-2(8)3(9,10)20-4(11,19-2)1(15,16)5(17,18)21-6(12,13)14. The Morgan fingerprint density at radius 2 is 1.10 bits per heavy atom. The zero-order valence-corrected chi connectivity index (χ0v) is 14.8. The summed E-state index contributed by atoms with van der Waals surface area (Å²) in [6.45, 7) is 0. The zero-order valence-electron chi connectivity index (χ0n) is 8.76. The van der Waals surface area contributed by atoms with Crippen LogP contribution in [0.3, 0.4) is 0 Å². The maximum absolute atomic E-state index is 13.8. The first-order valence-electron chi connectivity index (χ1n) is 4.24. The summed E-state index contributed by atoms with van der Waals surface area (Å²) in [5, 5.41) is -4.03. The van der Waals surface area contributed by atoms with Gasteiger partial charge < -0.3 is 0 Å². The summed E-state index contributed by atoms with van der Waals surface area (Å²) in [6.07, 6.45) is -5.50. The van der Waals surface area contributed by atoms with Crippen molar-refractivity contribution in [1.29, 1.82) is 0 Å². The molecule has 0 aliphatic carbocycles. The molecule has 0 amide bonds. The second-order valence-corrected chi connectivity index (χ2v) is 8.60. The number of halogens is 12. The Morgan fingerprint density at radius 1 is 0.762 bits per heavy atom. The van der Waals surface area contributed by atoms with Crippen LogP contribution in [-0.2, 0) is 14.2 Å². The molecule has 0 saturated carbocycles. The lowest BCUT2D eigenvalue weighted by atomic mass is 10.3. The molecule has 15 heteroatoms. The van der Waals surface area contributed by atoms with Gasteiger partial charge in [-0.25, -0.2) is 0 Å². The fourth-order valence-corrected chi connectivity index (χ4v) is 2.36. The van der Waals surface area contributed by atoms with Crippen molar-refractivity contribution < 1.29 is 31.8 Å². The van der Waals surface area contributed by atoms with E-state index in [1.54, 1.807) is 0 Å². The van der Waals surface area contributed by atoms with Crippen molar-refractivity contribution in [2.75, 3.05) is 0 Å². The van der Waals surface area contributed by atoms with Crippen LogP contribution >= 0.6 is 92.8 Å². The van der Waals surface area contributed by atoms with Crippen LogP contribution in [0, 0.1) is 0 Å². The summed E-state index contributed by atoms with van der Waals surface area (Å²) in [6, 6.07) is 0. The molecular formula is C6Cl8F4O3. The molecule has 21 heavy (non-hydrogen) atoms. The Bertz CT molecular complexity index is 409. The topological polar surface area (TPSA) is 27.7 Å². The van der Waals surface area contributed by atoms with Crippen molar-refractivity contribution in [1.82, 2.24) is 0 Å². The van der Waals surface area contributed by atoms with E-state index in [0.717, 1.165) is 0 Å². The summed E-state index contributed by atoms with van der Waals surface area (Å²) in [7, 11) is 0. The molecule has 0 radical (unpaired) electrons. The molecule has 0 spiro atoms. The Kier molecular flexibility index (Phi) is 5.72. The SMILES string of the molecule is FC(F)(OC(Cl)(Cl)Cl)C(F)(F)C1(Cl)OC(Cl)(Cl)C(Cl)(Cl)O1. The normalized spacial score (nSPS) is 25.1. The third-order valence-electron chi connectivity index (χ3n) is 1.84. The van der Waals surface area contributed by atoms with Crippen molar-refractivity contribution in [3.05, 3.63) is 0 Å². The largest absolute Gasteiger partial charge is 0.429 e. The van der Waals surface area contributed by atoms with Crippen molar-refractivity contribution in [2.45, 2.75) is 30.3 Å². The van der Waals surface area contributed by atoms with Crippen LogP contribution in [0.15, 0.2) is 0 Å². The molecule has 0 aromatic carbocycles. The van der Waals surface area contributed by atoms with E-state index in [2.05, 4.69) is 14.2 Å². The van der Waals surface area contributed by atoms with Gasteiger partial charge in [0.05, 0.1) is 0 Å². The Balaban J connectivity index is 3.19. The summed E-state index contributed by atoms with van der Waals surface area (Å²) in [5.41, 5.74) is 0. The second kappa shape index (κ2) is 5.73. The molecule has 1 aliphatic heterocycles. The quantitative estimate of drug-likeness (QED) is 0.380. The highest BCUT2D eigenvalue weighted by Gasteiger charge is 2.81. The summed E-state index contributed by atoms with van der Waals surface area (Å²) < 4.78 is 57.0. The lowest BCUT2D eigenvalue weighted by molar-refractivity contribution is -0.407. The van der Waals surface area contributed by atoms with Gasteiger partial charge in [-0.2, -0.15) is 17.6 Å². The summed E-state index contributed by atoms with van der Waals surface area (Å²) in [4.78, 5) is 0. The van der Waals surface area contributed by atoms with E-state index in [4.69, 9.17) is 92.8 Å². The first-order chi connectivity index (χ1) is 8.87. The molecular weight excluding hydrogens is 480 g/mol. The maximum atomic E-state index is 13.8. The molecule has 1 aliphatic rings. The number of alkyl halides is 12. The van der Waals surface area contributed by atoms with Gasteiger partial charge in [0.1, 0.15) is 0 Å². The monoisotopic (exact) mass is 476 g/mol. The van der Waals surface area contributed by atoms with Gasteiger partial charge in [-0.1, -0.05) is 81.2 Å². The van der Waals surface area contributed by atoms with Gasteiger partial charge in [0, 0.05) is 0 Å². The first-order valence-corrected chi connectivity index (χ1v) is 7.27. The van der Waals surface area contributed by atoms with Crippen molar-refractivity contribution in [2.24, 2.45) is 0 Å². The molecule has 1 saturated heterocycles. The van der Waals surface area contributed by atoms with Crippen LogP contribution in [0.25, 0.3) is 0 Å². The molecule has 1 heterocycles. The van der Waals surface area contributed by atoms with E-state index in [1.807, 2.05) is 0 Å². The first kappa shape index (κ1) is 21.0. The smallest absolute Gasteiger partial charge is 0.290 e. The van der Waals surface area contributed by atoms with Crippen LogP contribution in [0.1, 0.15) is 0 Å². The summed E-state index contributed by atoms with van der Waals surface area (Å²) >= 11 is 40.9. The van der Waals surface area contributed by atoms with Gasteiger partial charge in [-0.15, -0.1) is 0 Å². The number of hydrogen-bond donors (Lipinski definition) is 0. The van der Waals surface area contributed by atoms with Gasteiger partial charge in [0.2, 0.25) is 0 Å². The van der Waals surface area contributed by atoms with Gasteiger partial charge >= 0.3 is 21.3 Å². The number of hydrogen-bond acceptors (Lipinski definition) is 3. The molecule has 1 rings (SSSR count). The van der Waals surface area contributed by atoms with Crippen LogP contribution in [0.4, 0.5) is 17.6 Å². The van der Waals surface area contributed by atoms with E-state index in [1.165, 1.54) is 0 Å². The van der Waals surface area contributed by atoms with Crippen LogP contribution in [0.2, 0.25) is 0 Å². The van der Waals surface area contributed by atoms with Crippen LogP contribution < -0.4 is 0 Å². The van der Waals surface area contributed by atoms with E-state index >= 15 is 0 Å². The predicted molar refractivity (Wildman–Crippen MR) is 70.9 cm³/mol. The Labute approximate surface area is 154 Å². The lowest BCUT2D eigenvalue weighted by Gasteiger charge is -2.35. The fourth-order valence-electron chi connectivity index (χ4n) is 0.981. The highest BCUT2D eigenvalue weighted by Crippen LogP contribution is 2.62. The molecule has 1 fully saturated rings. The maximum Gasteiger partial charge on any atom is 0.429 e. The number of rotatable bonds is 3. The van der Waals surface area contributed by atoms with E-state index in [9.17, 15) is 17.6 Å². The minimum Gasteiger partial charge on any atom is -0.290 e. The third-order valence-corrected chi connectivity index (χ3v) is 4.23. The van der Waals surface area contributed by atoms with Gasteiger partial charge in [0.15, 0.2) is 0 Å². The Hall–Kier alpha value is 1.92. The zero-order chi connectivity index (χ0) is 17.1. The van der Waals surface area contributed by atoms with Crippen LogP contribution in [0.5, 0.6) is 0 Å². The Morgan fingerprint density at radius 3 is 1.38 bits per heavy atom. The third kappa shape index (κ3) is 3.95. The highest BCUT2D eigenvalue weighted by atomic mass is 35.6. The van der Waals surface area contributed by atoms with Gasteiger partial charge in [-0.3, -0.25) is 14.2 Å². The average Bonchev–Trinajstić information content (AvgIpc) is 2.26. The molecule has 0 unspecified atom stereocenters. The minimum absolute atomic E-state index is 2.92. The molecule has 0 atom stereocenters. The number of ether oxygens (including phenoxy) is 3. The fraction of sp³-hybridized carbons (Fsp3) is 1.00. The second-order valence-electron chi connectivity index (χ2n) is 3.41. The molecule has 0 bridgehead atoms. The van der Waals surface area contributed by atoms with Gasteiger partial charge in [-0.05, 0) is 11.6 Å². The predicted octanol–water partition coefficient (Wildman–Crippen LogP) is 5.76. The van der Waals surface area contributed by atoms with Crippen molar-refractivity contribution in [3.8, 4) is 0 Å². The van der Waals surface area contributed by atoms with Crippen molar-refractivity contribution in [3.63, 3.8) is 0 Å². The molecule has 0 aromatic heterocycles. The van der Waals surface area contributed by atoms with Crippen LogP contribution in [-0.4, -0.2) is 30.3 Å². The lowest BCUT2D eigenvalue weighted by Crippen LogP contribution is -2.59. The van der Waals surface area contributed by atoms with Crippen molar-refractivity contribution >= 4 is 92.8 Å². The van der Waals surface area contributed by atoms with E-state index in [0.29, 0.717) is 0 Å². The summed E-state index contributed by atoms with van der Waals surface area (Å²) in [5.74, 6) is -5.49. The van der Waals surface area contributed by atoms with E-state index < -0.39 is 30.3 Å².